The first kappa shape index (κ1) is 15.2. The van der Waals surface area contributed by atoms with Crippen molar-refractivity contribution in [3.8, 4) is 0 Å². The minimum atomic E-state index is 0.181. The lowest BCUT2D eigenvalue weighted by Gasteiger charge is -2.38. The van der Waals surface area contributed by atoms with Gasteiger partial charge in [0.1, 0.15) is 0 Å². The molecule has 0 bridgehead atoms. The maximum atomic E-state index is 6.46. The molecule has 2 heterocycles. The van der Waals surface area contributed by atoms with Gasteiger partial charge < -0.3 is 5.73 Å². The molecule has 1 aromatic heterocycles. The quantitative estimate of drug-likeness (QED) is 0.873. The Morgan fingerprint density at radius 3 is 2.67 bits per heavy atom. The minimum absolute atomic E-state index is 0.181. The molecule has 0 aliphatic carbocycles. The van der Waals surface area contributed by atoms with Gasteiger partial charge in [-0.25, -0.2) is 0 Å². The Bertz CT molecular complexity index is 610. The summed E-state index contributed by atoms with van der Waals surface area (Å²) in [5.41, 5.74) is 9.40. The van der Waals surface area contributed by atoms with Crippen LogP contribution in [0.2, 0.25) is 0 Å². The maximum Gasteiger partial charge on any atom is 0.0702 e. The van der Waals surface area contributed by atoms with Crippen LogP contribution in [0.5, 0.6) is 0 Å². The van der Waals surface area contributed by atoms with Crippen molar-refractivity contribution in [3.63, 3.8) is 0 Å². The van der Waals surface area contributed by atoms with Gasteiger partial charge in [0.05, 0.1) is 9.83 Å². The van der Waals surface area contributed by atoms with Crippen molar-refractivity contribution in [3.05, 3.63) is 56.2 Å². The van der Waals surface area contributed by atoms with E-state index < -0.39 is 0 Å². The molecule has 0 spiro atoms. The van der Waals surface area contributed by atoms with Crippen molar-refractivity contribution in [2.75, 3.05) is 6.54 Å². The molecule has 3 rings (SSSR count). The molecular weight excluding hydrogens is 344 g/mol. The highest BCUT2D eigenvalue weighted by atomic mass is 79.9. The number of thiophene rings is 1. The predicted molar refractivity (Wildman–Crippen MR) is 93.6 cm³/mol. The number of hydrogen-bond acceptors (Lipinski definition) is 3. The van der Waals surface area contributed by atoms with Crippen molar-refractivity contribution in [2.24, 2.45) is 5.73 Å². The third-order valence-corrected chi connectivity index (χ3v) is 6.01. The average molecular weight is 365 g/mol. The highest BCUT2D eigenvalue weighted by molar-refractivity contribution is 9.11. The minimum Gasteiger partial charge on any atom is -0.326 e. The third-order valence-electron chi connectivity index (χ3n) is 4.32. The van der Waals surface area contributed by atoms with Crippen molar-refractivity contribution in [1.82, 2.24) is 4.90 Å². The van der Waals surface area contributed by atoms with Crippen LogP contribution in [0.1, 0.15) is 35.4 Å². The lowest BCUT2D eigenvalue weighted by atomic mass is 9.95. The van der Waals surface area contributed by atoms with E-state index in [-0.39, 0.29) is 6.04 Å². The van der Waals surface area contributed by atoms with Crippen LogP contribution in [0.15, 0.2) is 40.2 Å². The summed E-state index contributed by atoms with van der Waals surface area (Å²) in [6.45, 7) is 4.27. The molecule has 4 heteroatoms. The van der Waals surface area contributed by atoms with Gasteiger partial charge in [-0.05, 0) is 52.0 Å². The number of nitrogens with zero attached hydrogens (tertiary/aromatic N) is 1. The van der Waals surface area contributed by atoms with Crippen LogP contribution < -0.4 is 5.73 Å². The average Bonchev–Trinajstić information content (AvgIpc) is 2.93. The normalized spacial score (nSPS) is 18.2. The number of rotatable bonds is 4. The lowest BCUT2D eigenvalue weighted by molar-refractivity contribution is 0.155. The summed E-state index contributed by atoms with van der Waals surface area (Å²) in [5.74, 6) is 0. The fourth-order valence-corrected chi connectivity index (χ4v) is 4.76. The molecule has 0 amide bonds. The largest absolute Gasteiger partial charge is 0.326 e. The van der Waals surface area contributed by atoms with Gasteiger partial charge in [0.25, 0.3) is 0 Å². The number of hydrogen-bond donors (Lipinski definition) is 1. The SMILES string of the molecule is CCC(N)C(c1ccc(Br)s1)N1CCc2ccccc2C1. The summed E-state index contributed by atoms with van der Waals surface area (Å²) >= 11 is 5.39. The molecular formula is C17H21BrN2S. The summed E-state index contributed by atoms with van der Waals surface area (Å²) in [7, 11) is 0. The van der Waals surface area contributed by atoms with E-state index in [1.807, 2.05) is 11.3 Å². The van der Waals surface area contributed by atoms with E-state index in [9.17, 15) is 0 Å². The second-order valence-corrected chi connectivity index (χ2v) is 8.14. The molecule has 112 valence electrons. The molecule has 0 radical (unpaired) electrons. The van der Waals surface area contributed by atoms with E-state index in [4.69, 9.17) is 5.73 Å². The maximum absolute atomic E-state index is 6.46. The molecule has 2 nitrogen and oxygen atoms in total. The first-order valence-electron chi connectivity index (χ1n) is 7.50. The van der Waals surface area contributed by atoms with Gasteiger partial charge in [-0.3, -0.25) is 4.90 Å². The monoisotopic (exact) mass is 364 g/mol. The zero-order valence-electron chi connectivity index (χ0n) is 12.3. The topological polar surface area (TPSA) is 29.3 Å². The van der Waals surface area contributed by atoms with Gasteiger partial charge in [0, 0.05) is 24.0 Å². The van der Waals surface area contributed by atoms with E-state index in [2.05, 4.69) is 64.2 Å². The van der Waals surface area contributed by atoms with Crippen LogP contribution in [-0.4, -0.2) is 17.5 Å². The molecule has 2 N–H and O–H groups in total. The molecule has 21 heavy (non-hydrogen) atoms. The van der Waals surface area contributed by atoms with Gasteiger partial charge in [-0.2, -0.15) is 0 Å². The molecule has 2 atom stereocenters. The summed E-state index contributed by atoms with van der Waals surface area (Å²) in [6, 6.07) is 13.6. The van der Waals surface area contributed by atoms with Gasteiger partial charge in [-0.1, -0.05) is 31.2 Å². The molecule has 1 aliphatic rings. The standard InChI is InChI=1S/C17H21BrN2S/c1-2-14(19)17(15-7-8-16(18)21-15)20-10-9-12-5-3-4-6-13(12)11-20/h3-8,14,17H,2,9-11,19H2,1H3. The number of halogens is 1. The second-order valence-electron chi connectivity index (χ2n) is 5.65. The first-order valence-corrected chi connectivity index (χ1v) is 9.11. The van der Waals surface area contributed by atoms with Crippen molar-refractivity contribution < 1.29 is 0 Å². The summed E-state index contributed by atoms with van der Waals surface area (Å²) in [6.07, 6.45) is 2.12. The van der Waals surface area contributed by atoms with Crippen LogP contribution >= 0.6 is 27.3 Å². The summed E-state index contributed by atoms with van der Waals surface area (Å²) in [4.78, 5) is 3.92. The van der Waals surface area contributed by atoms with Gasteiger partial charge in [0.15, 0.2) is 0 Å². The Labute approximate surface area is 139 Å². The zero-order chi connectivity index (χ0) is 14.8. The van der Waals surface area contributed by atoms with E-state index in [1.54, 1.807) is 0 Å². The highest BCUT2D eigenvalue weighted by Gasteiger charge is 2.29. The molecule has 0 fully saturated rings. The molecule has 2 unspecified atom stereocenters. The number of benzene rings is 1. The fraction of sp³-hybridized carbons (Fsp3) is 0.412. The van der Waals surface area contributed by atoms with E-state index >= 15 is 0 Å². The van der Waals surface area contributed by atoms with E-state index in [1.165, 1.54) is 19.8 Å². The Balaban J connectivity index is 1.88. The smallest absolute Gasteiger partial charge is 0.0702 e. The van der Waals surface area contributed by atoms with Crippen LogP contribution in [0.3, 0.4) is 0 Å². The lowest BCUT2D eigenvalue weighted by Crippen LogP contribution is -2.42. The van der Waals surface area contributed by atoms with Crippen LogP contribution in [0.25, 0.3) is 0 Å². The molecule has 2 aromatic rings. The fourth-order valence-electron chi connectivity index (χ4n) is 3.13. The van der Waals surface area contributed by atoms with Crippen LogP contribution in [-0.2, 0) is 13.0 Å². The van der Waals surface area contributed by atoms with Crippen molar-refractivity contribution in [2.45, 2.75) is 38.4 Å². The van der Waals surface area contributed by atoms with Gasteiger partial charge in [-0.15, -0.1) is 11.3 Å². The Hall–Kier alpha value is -0.680. The van der Waals surface area contributed by atoms with Crippen LogP contribution in [0, 0.1) is 0 Å². The van der Waals surface area contributed by atoms with Gasteiger partial charge >= 0.3 is 0 Å². The van der Waals surface area contributed by atoms with Crippen LogP contribution in [0.4, 0.5) is 0 Å². The molecule has 0 saturated heterocycles. The third kappa shape index (κ3) is 3.24. The molecule has 0 saturated carbocycles. The zero-order valence-corrected chi connectivity index (χ0v) is 14.7. The Kier molecular flexibility index (Phi) is 4.79. The van der Waals surface area contributed by atoms with E-state index in [0.29, 0.717) is 6.04 Å². The molecule has 1 aliphatic heterocycles. The Morgan fingerprint density at radius 1 is 1.24 bits per heavy atom. The highest BCUT2D eigenvalue weighted by Crippen LogP contribution is 2.35. The van der Waals surface area contributed by atoms with Gasteiger partial charge in [0.2, 0.25) is 0 Å². The van der Waals surface area contributed by atoms with E-state index in [0.717, 1.165) is 25.9 Å². The molecule has 1 aromatic carbocycles. The number of fused-ring (bicyclic) bond motifs is 1. The second kappa shape index (κ2) is 6.61. The Morgan fingerprint density at radius 2 is 2.00 bits per heavy atom. The van der Waals surface area contributed by atoms with Crippen molar-refractivity contribution in [1.29, 1.82) is 0 Å². The van der Waals surface area contributed by atoms with Crippen molar-refractivity contribution >= 4 is 27.3 Å². The number of nitrogens with two attached hydrogens (primary N) is 1. The first-order chi connectivity index (χ1) is 10.2. The summed E-state index contributed by atoms with van der Waals surface area (Å²) in [5, 5.41) is 0. The predicted octanol–water partition coefficient (Wildman–Crippen LogP) is 4.35. The summed E-state index contributed by atoms with van der Waals surface area (Å²) < 4.78 is 1.18.